The van der Waals surface area contributed by atoms with Crippen LogP contribution in [0.4, 0.5) is 0 Å². The van der Waals surface area contributed by atoms with Gasteiger partial charge in [0.1, 0.15) is 0 Å². The fourth-order valence-corrected chi connectivity index (χ4v) is 3.96. The second-order valence-corrected chi connectivity index (χ2v) is 8.43. The van der Waals surface area contributed by atoms with Gasteiger partial charge in [0.2, 0.25) is 5.91 Å². The van der Waals surface area contributed by atoms with E-state index in [0.717, 1.165) is 40.8 Å². The summed E-state index contributed by atoms with van der Waals surface area (Å²) in [6.07, 6.45) is 2.40. The van der Waals surface area contributed by atoms with Crippen LogP contribution in [0.15, 0.2) is 59.8 Å². The van der Waals surface area contributed by atoms with Gasteiger partial charge in [0.15, 0.2) is 11.0 Å². The van der Waals surface area contributed by atoms with Crippen LogP contribution in [0.25, 0.3) is 17.1 Å². The predicted molar refractivity (Wildman–Crippen MR) is 119 cm³/mol. The zero-order valence-corrected chi connectivity index (χ0v) is 18.1. The summed E-state index contributed by atoms with van der Waals surface area (Å²) in [5.74, 6) is 1.86. The first kappa shape index (κ1) is 21.1. The molecule has 0 fully saturated rings. The summed E-state index contributed by atoms with van der Waals surface area (Å²) in [7, 11) is 0. The van der Waals surface area contributed by atoms with Crippen LogP contribution in [0.3, 0.4) is 0 Å². The summed E-state index contributed by atoms with van der Waals surface area (Å²) in [4.78, 5) is 11.8. The quantitative estimate of drug-likeness (QED) is 0.398. The van der Waals surface area contributed by atoms with Crippen molar-refractivity contribution >= 4 is 17.7 Å². The lowest BCUT2D eigenvalue weighted by Crippen LogP contribution is -2.29. The third kappa shape index (κ3) is 5.94. The van der Waals surface area contributed by atoms with Crippen LogP contribution in [0.1, 0.15) is 38.7 Å². The number of benzene rings is 2. The Balaban J connectivity index is 1.70. The van der Waals surface area contributed by atoms with Crippen LogP contribution in [-0.4, -0.2) is 32.5 Å². The Morgan fingerprint density at radius 2 is 1.76 bits per heavy atom. The van der Waals surface area contributed by atoms with Crippen molar-refractivity contribution in [2.24, 2.45) is 0 Å². The van der Waals surface area contributed by atoms with Crippen LogP contribution >= 0.6 is 11.8 Å². The molecule has 0 aliphatic heterocycles. The molecule has 0 spiro atoms. The number of aromatic nitrogens is 3. The van der Waals surface area contributed by atoms with Crippen molar-refractivity contribution in [1.82, 2.24) is 20.1 Å². The molecule has 0 aliphatic rings. The van der Waals surface area contributed by atoms with E-state index in [-0.39, 0.29) is 11.9 Å². The monoisotopic (exact) mass is 408 g/mol. The number of nitrogens with zero attached hydrogens (tertiary/aromatic N) is 3. The third-order valence-corrected chi connectivity index (χ3v) is 5.45. The molecule has 0 unspecified atom stereocenters. The molecule has 0 radical (unpaired) electrons. The standard InChI is InChI=1S/C23H28N4OS/c1-17(2)24-21(28)11-7-8-16-29-23-26-25-22(19-14-12-18(3)13-15-19)27(23)20-9-5-4-6-10-20/h4-6,9-10,12-15,17H,7-8,11,16H2,1-3H3,(H,24,28). The molecule has 29 heavy (non-hydrogen) atoms. The van der Waals surface area contributed by atoms with Crippen molar-refractivity contribution in [2.45, 2.75) is 51.2 Å². The van der Waals surface area contributed by atoms with Crippen molar-refractivity contribution in [3.63, 3.8) is 0 Å². The van der Waals surface area contributed by atoms with Crippen molar-refractivity contribution in [1.29, 1.82) is 0 Å². The molecule has 0 aliphatic carbocycles. The number of carbonyl (C=O) groups is 1. The van der Waals surface area contributed by atoms with Gasteiger partial charge in [-0.25, -0.2) is 0 Å². The van der Waals surface area contributed by atoms with Crippen LogP contribution in [-0.2, 0) is 4.79 Å². The van der Waals surface area contributed by atoms with E-state index in [1.165, 1.54) is 5.56 Å². The maximum absolute atomic E-state index is 11.8. The fourth-order valence-electron chi connectivity index (χ4n) is 3.01. The molecular formula is C23H28N4OS. The minimum absolute atomic E-state index is 0.124. The minimum atomic E-state index is 0.124. The summed E-state index contributed by atoms with van der Waals surface area (Å²) in [6, 6.07) is 18.7. The highest BCUT2D eigenvalue weighted by Crippen LogP contribution is 2.28. The van der Waals surface area contributed by atoms with Gasteiger partial charge < -0.3 is 5.32 Å². The lowest BCUT2D eigenvalue weighted by molar-refractivity contribution is -0.121. The van der Waals surface area contributed by atoms with Crippen molar-refractivity contribution in [3.05, 3.63) is 60.2 Å². The third-order valence-electron chi connectivity index (χ3n) is 4.44. The molecule has 6 heteroatoms. The van der Waals surface area contributed by atoms with Gasteiger partial charge in [-0.3, -0.25) is 9.36 Å². The van der Waals surface area contributed by atoms with Gasteiger partial charge >= 0.3 is 0 Å². The molecule has 0 bridgehead atoms. The molecule has 3 rings (SSSR count). The first-order chi connectivity index (χ1) is 14.0. The maximum atomic E-state index is 11.8. The molecule has 0 atom stereocenters. The number of hydrogen-bond donors (Lipinski definition) is 1. The van der Waals surface area contributed by atoms with E-state index in [1.54, 1.807) is 11.8 Å². The summed E-state index contributed by atoms with van der Waals surface area (Å²) in [6.45, 7) is 6.04. The highest BCUT2D eigenvalue weighted by atomic mass is 32.2. The number of unbranched alkanes of at least 4 members (excludes halogenated alkanes) is 1. The molecule has 3 aromatic rings. The van der Waals surface area contributed by atoms with Gasteiger partial charge in [0.25, 0.3) is 0 Å². The number of aryl methyl sites for hydroxylation is 1. The predicted octanol–water partition coefficient (Wildman–Crippen LogP) is 5.03. The average Bonchev–Trinajstić information content (AvgIpc) is 3.12. The van der Waals surface area contributed by atoms with E-state index >= 15 is 0 Å². The molecular weight excluding hydrogens is 380 g/mol. The lowest BCUT2D eigenvalue weighted by atomic mass is 10.1. The zero-order chi connectivity index (χ0) is 20.6. The van der Waals surface area contributed by atoms with Crippen molar-refractivity contribution < 1.29 is 4.79 Å². The van der Waals surface area contributed by atoms with E-state index in [1.807, 2.05) is 32.0 Å². The van der Waals surface area contributed by atoms with E-state index < -0.39 is 0 Å². The fraction of sp³-hybridized carbons (Fsp3) is 0.348. The maximum Gasteiger partial charge on any atom is 0.220 e. The lowest BCUT2D eigenvalue weighted by Gasteiger charge is -2.11. The Hall–Kier alpha value is -2.60. The van der Waals surface area contributed by atoms with Crippen LogP contribution in [0.2, 0.25) is 0 Å². The van der Waals surface area contributed by atoms with Gasteiger partial charge in [-0.1, -0.05) is 59.8 Å². The molecule has 1 N–H and O–H groups in total. The molecule has 2 aromatic carbocycles. The number of rotatable bonds is 9. The molecule has 0 saturated heterocycles. The van der Waals surface area contributed by atoms with Crippen LogP contribution in [0.5, 0.6) is 0 Å². The Bertz CT molecular complexity index is 920. The highest BCUT2D eigenvalue weighted by molar-refractivity contribution is 7.99. The minimum Gasteiger partial charge on any atom is -0.354 e. The molecule has 1 aromatic heterocycles. The normalized spacial score (nSPS) is 11.0. The Kier molecular flexibility index (Phi) is 7.47. The van der Waals surface area contributed by atoms with Crippen molar-refractivity contribution in [3.8, 4) is 17.1 Å². The Morgan fingerprint density at radius 1 is 1.03 bits per heavy atom. The summed E-state index contributed by atoms with van der Waals surface area (Å²) < 4.78 is 2.11. The van der Waals surface area contributed by atoms with Gasteiger partial charge in [-0.05, 0) is 45.7 Å². The molecule has 1 amide bonds. The topological polar surface area (TPSA) is 59.8 Å². The second kappa shape index (κ2) is 10.3. The molecule has 0 saturated carbocycles. The number of carbonyl (C=O) groups excluding carboxylic acids is 1. The Morgan fingerprint density at radius 3 is 2.45 bits per heavy atom. The van der Waals surface area contributed by atoms with Gasteiger partial charge in [-0.15, -0.1) is 10.2 Å². The van der Waals surface area contributed by atoms with Crippen molar-refractivity contribution in [2.75, 3.05) is 5.75 Å². The van der Waals surface area contributed by atoms with E-state index in [4.69, 9.17) is 0 Å². The molecule has 152 valence electrons. The summed E-state index contributed by atoms with van der Waals surface area (Å²) in [5, 5.41) is 12.7. The molecule has 5 nitrogen and oxygen atoms in total. The van der Waals surface area contributed by atoms with Gasteiger partial charge in [0.05, 0.1) is 0 Å². The van der Waals surface area contributed by atoms with Crippen LogP contribution in [0, 0.1) is 6.92 Å². The number of nitrogens with one attached hydrogen (secondary N) is 1. The molecule has 1 heterocycles. The first-order valence-electron chi connectivity index (χ1n) is 10.0. The Labute approximate surface area is 176 Å². The SMILES string of the molecule is Cc1ccc(-c2nnc(SCCCCC(=O)NC(C)C)n2-c2ccccc2)cc1. The first-order valence-corrected chi connectivity index (χ1v) is 11.0. The van der Waals surface area contributed by atoms with E-state index in [0.29, 0.717) is 6.42 Å². The van der Waals surface area contributed by atoms with E-state index in [9.17, 15) is 4.79 Å². The van der Waals surface area contributed by atoms with Gasteiger partial charge in [0, 0.05) is 29.5 Å². The number of para-hydroxylation sites is 1. The zero-order valence-electron chi connectivity index (χ0n) is 17.3. The highest BCUT2D eigenvalue weighted by Gasteiger charge is 2.16. The van der Waals surface area contributed by atoms with Gasteiger partial charge in [-0.2, -0.15) is 0 Å². The average molecular weight is 409 g/mol. The smallest absolute Gasteiger partial charge is 0.220 e. The number of thioether (sulfide) groups is 1. The largest absolute Gasteiger partial charge is 0.354 e. The van der Waals surface area contributed by atoms with E-state index in [2.05, 4.69) is 63.4 Å². The van der Waals surface area contributed by atoms with Crippen LogP contribution < -0.4 is 5.32 Å². The summed E-state index contributed by atoms with van der Waals surface area (Å²) >= 11 is 1.68. The number of amides is 1. The second-order valence-electron chi connectivity index (χ2n) is 7.37. The summed E-state index contributed by atoms with van der Waals surface area (Å²) in [5.41, 5.74) is 3.31. The number of hydrogen-bond acceptors (Lipinski definition) is 4.